The van der Waals surface area contributed by atoms with Gasteiger partial charge in [-0.1, -0.05) is 11.6 Å². The summed E-state index contributed by atoms with van der Waals surface area (Å²) in [6, 6.07) is 4.15. The van der Waals surface area contributed by atoms with Crippen molar-refractivity contribution in [1.82, 2.24) is 9.97 Å². The van der Waals surface area contributed by atoms with E-state index in [1.54, 1.807) is 0 Å². The maximum absolute atomic E-state index is 11.8. The van der Waals surface area contributed by atoms with Crippen LogP contribution in [0, 0.1) is 0 Å². The van der Waals surface area contributed by atoms with Crippen LogP contribution in [0.15, 0.2) is 36.9 Å². The van der Waals surface area contributed by atoms with Crippen molar-refractivity contribution >= 4 is 23.2 Å². The van der Waals surface area contributed by atoms with Crippen molar-refractivity contribution in [2.75, 3.05) is 5.32 Å². The van der Waals surface area contributed by atoms with E-state index in [1.807, 2.05) is 0 Å². The first kappa shape index (κ1) is 11.3. The van der Waals surface area contributed by atoms with Crippen LogP contribution in [0.2, 0.25) is 5.02 Å². The van der Waals surface area contributed by atoms with E-state index in [0.717, 1.165) is 0 Å². The van der Waals surface area contributed by atoms with E-state index in [2.05, 4.69) is 15.3 Å². The molecule has 0 fully saturated rings. The van der Waals surface area contributed by atoms with Gasteiger partial charge in [-0.05, 0) is 18.2 Å². The molecule has 0 aliphatic rings. The molecule has 0 saturated carbocycles. The summed E-state index contributed by atoms with van der Waals surface area (Å²) in [5, 5.41) is 12.1. The highest BCUT2D eigenvalue weighted by Crippen LogP contribution is 2.21. The van der Waals surface area contributed by atoms with Crippen LogP contribution in [0.25, 0.3) is 0 Å². The second kappa shape index (κ2) is 4.80. The first-order valence-electron chi connectivity index (χ1n) is 4.71. The molecule has 0 saturated heterocycles. The summed E-state index contributed by atoms with van der Waals surface area (Å²) in [4.78, 5) is 19.4. The van der Waals surface area contributed by atoms with Crippen LogP contribution in [0.5, 0.6) is 5.75 Å². The van der Waals surface area contributed by atoms with Crippen LogP contribution in [0.4, 0.5) is 5.69 Å². The summed E-state index contributed by atoms with van der Waals surface area (Å²) >= 11 is 5.85. The van der Waals surface area contributed by atoms with Crippen LogP contribution < -0.4 is 5.32 Å². The standard InChI is InChI=1S/C11H8ClN3O2/c12-10-2-1-8(16)3-9(10)11(17)15-7-4-13-6-14-5-7/h1-6,16H,(H,15,17). The molecule has 2 N–H and O–H groups in total. The number of hydrogen-bond acceptors (Lipinski definition) is 4. The maximum Gasteiger partial charge on any atom is 0.257 e. The Morgan fingerprint density at radius 2 is 2.00 bits per heavy atom. The number of nitrogens with zero attached hydrogens (tertiary/aromatic N) is 2. The van der Waals surface area contributed by atoms with E-state index in [4.69, 9.17) is 11.6 Å². The van der Waals surface area contributed by atoms with E-state index >= 15 is 0 Å². The SMILES string of the molecule is O=C(Nc1cncnc1)c1cc(O)ccc1Cl. The number of rotatable bonds is 2. The monoisotopic (exact) mass is 249 g/mol. The lowest BCUT2D eigenvalue weighted by atomic mass is 10.2. The van der Waals surface area contributed by atoms with Crippen LogP contribution in [-0.2, 0) is 0 Å². The van der Waals surface area contributed by atoms with Gasteiger partial charge < -0.3 is 10.4 Å². The highest BCUT2D eigenvalue weighted by Gasteiger charge is 2.11. The summed E-state index contributed by atoms with van der Waals surface area (Å²) in [7, 11) is 0. The Hall–Kier alpha value is -2.14. The molecular formula is C11H8ClN3O2. The smallest absolute Gasteiger partial charge is 0.257 e. The predicted octanol–water partition coefficient (Wildman–Crippen LogP) is 2.09. The molecule has 1 heterocycles. The number of aromatic hydroxyl groups is 1. The van der Waals surface area contributed by atoms with Gasteiger partial charge in [-0.3, -0.25) is 4.79 Å². The lowest BCUT2D eigenvalue weighted by molar-refractivity contribution is 0.102. The van der Waals surface area contributed by atoms with Gasteiger partial charge in [0, 0.05) is 0 Å². The van der Waals surface area contributed by atoms with Gasteiger partial charge in [0.2, 0.25) is 0 Å². The third-order valence-electron chi connectivity index (χ3n) is 2.01. The van der Waals surface area contributed by atoms with Gasteiger partial charge in [-0.15, -0.1) is 0 Å². The quantitative estimate of drug-likeness (QED) is 0.855. The molecule has 17 heavy (non-hydrogen) atoms. The summed E-state index contributed by atoms with van der Waals surface area (Å²) < 4.78 is 0. The molecule has 0 bridgehead atoms. The van der Waals surface area contributed by atoms with Gasteiger partial charge in [0.25, 0.3) is 5.91 Å². The largest absolute Gasteiger partial charge is 0.508 e. The van der Waals surface area contributed by atoms with Crippen molar-refractivity contribution in [2.24, 2.45) is 0 Å². The first-order valence-corrected chi connectivity index (χ1v) is 5.09. The number of carbonyl (C=O) groups excluding carboxylic acids is 1. The molecule has 6 heteroatoms. The number of benzene rings is 1. The predicted molar refractivity (Wildman–Crippen MR) is 63.1 cm³/mol. The molecule has 0 atom stereocenters. The van der Waals surface area contributed by atoms with E-state index in [0.29, 0.717) is 5.69 Å². The normalized spacial score (nSPS) is 9.94. The van der Waals surface area contributed by atoms with E-state index < -0.39 is 5.91 Å². The molecular weight excluding hydrogens is 242 g/mol. The molecule has 1 amide bonds. The minimum Gasteiger partial charge on any atom is -0.508 e. The second-order valence-corrected chi connectivity index (χ2v) is 3.65. The van der Waals surface area contributed by atoms with Gasteiger partial charge in [0.15, 0.2) is 0 Å². The Kier molecular flexibility index (Phi) is 3.20. The zero-order valence-corrected chi connectivity index (χ0v) is 9.35. The lowest BCUT2D eigenvalue weighted by Crippen LogP contribution is -2.12. The number of amides is 1. The fourth-order valence-corrected chi connectivity index (χ4v) is 1.45. The number of aromatic nitrogens is 2. The minimum absolute atomic E-state index is 0.0242. The summed E-state index contributed by atoms with van der Waals surface area (Å²) in [6.07, 6.45) is 4.28. The molecule has 0 aliphatic heterocycles. The van der Waals surface area contributed by atoms with Crippen molar-refractivity contribution in [1.29, 1.82) is 0 Å². The molecule has 0 unspecified atom stereocenters. The van der Waals surface area contributed by atoms with Crippen LogP contribution in [-0.4, -0.2) is 21.0 Å². The fraction of sp³-hybridized carbons (Fsp3) is 0. The topological polar surface area (TPSA) is 75.1 Å². The van der Waals surface area contributed by atoms with Gasteiger partial charge >= 0.3 is 0 Å². The van der Waals surface area contributed by atoms with Gasteiger partial charge in [0.1, 0.15) is 12.1 Å². The van der Waals surface area contributed by atoms with Crippen molar-refractivity contribution < 1.29 is 9.90 Å². The van der Waals surface area contributed by atoms with Gasteiger partial charge in [-0.2, -0.15) is 0 Å². The van der Waals surface area contributed by atoms with E-state index in [9.17, 15) is 9.90 Å². The number of carbonyl (C=O) groups is 1. The third kappa shape index (κ3) is 2.70. The number of halogens is 1. The average Bonchev–Trinajstić information content (AvgIpc) is 2.33. The van der Waals surface area contributed by atoms with Gasteiger partial charge in [0.05, 0.1) is 28.7 Å². The second-order valence-electron chi connectivity index (χ2n) is 3.25. The zero-order chi connectivity index (χ0) is 12.3. The van der Waals surface area contributed by atoms with Crippen LogP contribution in [0.1, 0.15) is 10.4 Å². The number of phenols is 1. The minimum atomic E-state index is -0.430. The fourth-order valence-electron chi connectivity index (χ4n) is 1.25. The van der Waals surface area contributed by atoms with E-state index in [1.165, 1.54) is 36.9 Å². The Labute approximate surface area is 102 Å². The molecule has 1 aromatic heterocycles. The lowest BCUT2D eigenvalue weighted by Gasteiger charge is -2.06. The average molecular weight is 250 g/mol. The highest BCUT2D eigenvalue weighted by molar-refractivity contribution is 6.34. The Balaban J connectivity index is 2.23. The number of hydrogen-bond donors (Lipinski definition) is 2. The molecule has 2 rings (SSSR count). The summed E-state index contributed by atoms with van der Waals surface area (Å²) in [5.74, 6) is -0.454. The Morgan fingerprint density at radius 1 is 1.29 bits per heavy atom. The first-order chi connectivity index (χ1) is 8.16. The maximum atomic E-state index is 11.8. The molecule has 86 valence electrons. The van der Waals surface area contributed by atoms with Crippen molar-refractivity contribution in [2.45, 2.75) is 0 Å². The molecule has 0 radical (unpaired) electrons. The molecule has 1 aromatic carbocycles. The highest BCUT2D eigenvalue weighted by atomic mass is 35.5. The Bertz CT molecular complexity index is 546. The van der Waals surface area contributed by atoms with E-state index in [-0.39, 0.29) is 16.3 Å². The molecule has 0 aliphatic carbocycles. The number of nitrogens with one attached hydrogen (secondary N) is 1. The molecule has 2 aromatic rings. The summed E-state index contributed by atoms with van der Waals surface area (Å²) in [6.45, 7) is 0. The van der Waals surface area contributed by atoms with Crippen LogP contribution >= 0.6 is 11.6 Å². The third-order valence-corrected chi connectivity index (χ3v) is 2.34. The van der Waals surface area contributed by atoms with Crippen molar-refractivity contribution in [3.05, 3.63) is 47.5 Å². The molecule has 5 nitrogen and oxygen atoms in total. The van der Waals surface area contributed by atoms with Crippen molar-refractivity contribution in [3.63, 3.8) is 0 Å². The van der Waals surface area contributed by atoms with Crippen LogP contribution in [0.3, 0.4) is 0 Å². The molecule has 0 spiro atoms. The van der Waals surface area contributed by atoms with Gasteiger partial charge in [-0.25, -0.2) is 9.97 Å². The zero-order valence-electron chi connectivity index (χ0n) is 8.59. The number of phenolic OH excluding ortho intramolecular Hbond substituents is 1. The Morgan fingerprint density at radius 3 is 2.71 bits per heavy atom. The van der Waals surface area contributed by atoms with Crippen molar-refractivity contribution in [3.8, 4) is 5.75 Å². The number of anilines is 1. The summed E-state index contributed by atoms with van der Waals surface area (Å²) in [5.41, 5.74) is 0.646.